The summed E-state index contributed by atoms with van der Waals surface area (Å²) in [5, 5.41) is 17.7. The number of aliphatic hydroxyl groups is 2. The van der Waals surface area contributed by atoms with E-state index in [2.05, 4.69) is 0 Å². The molecule has 5 heteroatoms. The average molecular weight is 270 g/mol. The first-order valence-electron chi connectivity index (χ1n) is 5.81. The predicted octanol–water partition coefficient (Wildman–Crippen LogP) is 1.38. The van der Waals surface area contributed by atoms with E-state index in [1.807, 2.05) is 30.3 Å². The van der Waals surface area contributed by atoms with E-state index >= 15 is 0 Å². The molecule has 2 atom stereocenters. The van der Waals surface area contributed by atoms with Crippen molar-refractivity contribution in [2.24, 2.45) is 0 Å². The molecule has 0 amide bonds. The fourth-order valence-corrected chi connectivity index (χ4v) is 2.48. The van der Waals surface area contributed by atoms with E-state index in [1.54, 1.807) is 6.92 Å². The van der Waals surface area contributed by atoms with E-state index in [0.717, 1.165) is 5.56 Å². The number of benzene rings is 1. The molecule has 1 rings (SSSR count). The molecule has 0 radical (unpaired) electrons. The molecule has 0 fully saturated rings. The third kappa shape index (κ3) is 4.68. The van der Waals surface area contributed by atoms with Crippen LogP contribution in [0.5, 0.6) is 0 Å². The van der Waals surface area contributed by atoms with E-state index in [1.165, 1.54) is 11.8 Å². The average Bonchev–Trinajstić information content (AvgIpc) is 2.40. The Bertz CT molecular complexity index is 355. The summed E-state index contributed by atoms with van der Waals surface area (Å²) in [6.45, 7) is 1.77. The molecule has 2 N–H and O–H groups in total. The number of hydrogen-bond acceptors (Lipinski definition) is 5. The summed E-state index contributed by atoms with van der Waals surface area (Å²) < 4.78 is 5.02. The first-order valence-corrected chi connectivity index (χ1v) is 6.86. The topological polar surface area (TPSA) is 66.8 Å². The van der Waals surface area contributed by atoms with Gasteiger partial charge in [-0.2, -0.15) is 0 Å². The zero-order valence-corrected chi connectivity index (χ0v) is 11.1. The van der Waals surface area contributed by atoms with Crippen LogP contribution >= 0.6 is 11.8 Å². The number of aliphatic hydroxyl groups excluding tert-OH is 2. The van der Waals surface area contributed by atoms with Crippen LogP contribution in [0, 0.1) is 0 Å². The molecule has 0 aromatic heterocycles. The van der Waals surface area contributed by atoms with Crippen molar-refractivity contribution in [3.05, 3.63) is 35.9 Å². The highest BCUT2D eigenvalue weighted by Crippen LogP contribution is 2.30. The second-order valence-corrected chi connectivity index (χ2v) is 4.85. The van der Waals surface area contributed by atoms with Gasteiger partial charge in [0.1, 0.15) is 5.25 Å². The monoisotopic (exact) mass is 270 g/mol. The SMILES string of the molecule is CCOC(=O)C(SCC(O)CO)c1ccccc1. The molecule has 0 aliphatic heterocycles. The summed E-state index contributed by atoms with van der Waals surface area (Å²) in [5.41, 5.74) is 0.839. The number of hydrogen-bond donors (Lipinski definition) is 2. The standard InChI is InChI=1S/C13H18O4S/c1-2-17-13(16)12(18-9-11(15)8-14)10-6-4-3-5-7-10/h3-7,11-12,14-15H,2,8-9H2,1H3. The number of thioether (sulfide) groups is 1. The van der Waals surface area contributed by atoms with Crippen molar-refractivity contribution in [2.75, 3.05) is 19.0 Å². The molecule has 0 aliphatic rings. The lowest BCUT2D eigenvalue weighted by Gasteiger charge is -2.16. The van der Waals surface area contributed by atoms with Crippen LogP contribution in [0.4, 0.5) is 0 Å². The molecule has 0 aliphatic carbocycles. The second kappa shape index (κ2) is 8.13. The molecular weight excluding hydrogens is 252 g/mol. The number of esters is 1. The number of rotatable bonds is 7. The Morgan fingerprint density at radius 3 is 2.61 bits per heavy atom. The number of ether oxygens (including phenoxy) is 1. The molecule has 1 aromatic carbocycles. The maximum absolute atomic E-state index is 11.9. The molecular formula is C13H18O4S. The van der Waals surface area contributed by atoms with Gasteiger partial charge in [0.05, 0.1) is 19.3 Å². The van der Waals surface area contributed by atoms with Gasteiger partial charge in [-0.05, 0) is 12.5 Å². The first kappa shape index (κ1) is 15.0. The molecule has 2 unspecified atom stereocenters. The van der Waals surface area contributed by atoms with Crippen LogP contribution in [-0.4, -0.2) is 41.3 Å². The molecule has 18 heavy (non-hydrogen) atoms. The Hall–Kier alpha value is -1.04. The summed E-state index contributed by atoms with van der Waals surface area (Å²) >= 11 is 1.27. The maximum Gasteiger partial charge on any atom is 0.323 e. The highest BCUT2D eigenvalue weighted by atomic mass is 32.2. The van der Waals surface area contributed by atoms with Gasteiger partial charge in [0.2, 0.25) is 0 Å². The van der Waals surface area contributed by atoms with Gasteiger partial charge < -0.3 is 14.9 Å². The third-order valence-corrected chi connectivity index (χ3v) is 3.64. The van der Waals surface area contributed by atoms with Crippen LogP contribution in [0.3, 0.4) is 0 Å². The maximum atomic E-state index is 11.9. The first-order chi connectivity index (χ1) is 8.69. The molecule has 0 heterocycles. The molecule has 0 saturated carbocycles. The minimum atomic E-state index is -0.823. The Balaban J connectivity index is 2.72. The largest absolute Gasteiger partial charge is 0.465 e. The molecule has 1 aromatic rings. The Morgan fingerprint density at radius 2 is 2.06 bits per heavy atom. The Kier molecular flexibility index (Phi) is 6.78. The quantitative estimate of drug-likeness (QED) is 0.733. The van der Waals surface area contributed by atoms with E-state index < -0.39 is 11.4 Å². The molecule has 0 spiro atoms. The Labute approximate surface area is 111 Å². The van der Waals surface area contributed by atoms with Crippen molar-refractivity contribution in [3.63, 3.8) is 0 Å². The van der Waals surface area contributed by atoms with Gasteiger partial charge in [-0.3, -0.25) is 4.79 Å². The highest BCUT2D eigenvalue weighted by molar-refractivity contribution is 8.00. The van der Waals surface area contributed by atoms with E-state index in [9.17, 15) is 9.90 Å². The fraction of sp³-hybridized carbons (Fsp3) is 0.462. The molecule has 100 valence electrons. The zero-order chi connectivity index (χ0) is 13.4. The molecule has 0 bridgehead atoms. The molecule has 4 nitrogen and oxygen atoms in total. The van der Waals surface area contributed by atoms with Crippen molar-refractivity contribution < 1.29 is 19.7 Å². The normalized spacial score (nSPS) is 13.9. The van der Waals surface area contributed by atoms with Crippen molar-refractivity contribution >= 4 is 17.7 Å². The van der Waals surface area contributed by atoms with Gasteiger partial charge in [-0.1, -0.05) is 30.3 Å². The van der Waals surface area contributed by atoms with Crippen LogP contribution in [-0.2, 0) is 9.53 Å². The summed E-state index contributed by atoms with van der Waals surface area (Å²) in [6.07, 6.45) is -0.823. The Morgan fingerprint density at radius 1 is 1.39 bits per heavy atom. The number of carbonyl (C=O) groups excluding carboxylic acids is 1. The third-order valence-electron chi connectivity index (χ3n) is 2.27. The molecule has 0 saturated heterocycles. The predicted molar refractivity (Wildman–Crippen MR) is 71.4 cm³/mol. The fourth-order valence-electron chi connectivity index (χ4n) is 1.41. The lowest BCUT2D eigenvalue weighted by Crippen LogP contribution is -2.19. The van der Waals surface area contributed by atoms with Crippen molar-refractivity contribution in [1.82, 2.24) is 0 Å². The van der Waals surface area contributed by atoms with Crippen molar-refractivity contribution in [3.8, 4) is 0 Å². The van der Waals surface area contributed by atoms with Gasteiger partial charge in [-0.25, -0.2) is 0 Å². The summed E-state index contributed by atoms with van der Waals surface area (Å²) in [5.74, 6) is -0.0339. The van der Waals surface area contributed by atoms with Crippen LogP contribution in [0.15, 0.2) is 30.3 Å². The van der Waals surface area contributed by atoms with Gasteiger partial charge in [-0.15, -0.1) is 11.8 Å². The van der Waals surface area contributed by atoms with Crippen molar-refractivity contribution in [2.45, 2.75) is 18.3 Å². The van der Waals surface area contributed by atoms with E-state index in [4.69, 9.17) is 9.84 Å². The summed E-state index contributed by atoms with van der Waals surface area (Å²) in [6, 6.07) is 9.27. The van der Waals surface area contributed by atoms with E-state index in [0.29, 0.717) is 6.61 Å². The van der Waals surface area contributed by atoms with Crippen LogP contribution < -0.4 is 0 Å². The van der Waals surface area contributed by atoms with Gasteiger partial charge in [0, 0.05) is 5.75 Å². The minimum absolute atomic E-state index is 0.287. The van der Waals surface area contributed by atoms with Crippen LogP contribution in [0.1, 0.15) is 17.7 Å². The van der Waals surface area contributed by atoms with Crippen molar-refractivity contribution in [1.29, 1.82) is 0 Å². The highest BCUT2D eigenvalue weighted by Gasteiger charge is 2.23. The minimum Gasteiger partial charge on any atom is -0.465 e. The second-order valence-electron chi connectivity index (χ2n) is 3.71. The van der Waals surface area contributed by atoms with Gasteiger partial charge >= 0.3 is 5.97 Å². The summed E-state index contributed by atoms with van der Waals surface area (Å²) in [7, 11) is 0. The number of carbonyl (C=O) groups is 1. The lowest BCUT2D eigenvalue weighted by atomic mass is 10.1. The lowest BCUT2D eigenvalue weighted by molar-refractivity contribution is -0.142. The van der Waals surface area contributed by atoms with Gasteiger partial charge in [0.25, 0.3) is 0 Å². The smallest absolute Gasteiger partial charge is 0.323 e. The summed E-state index contributed by atoms with van der Waals surface area (Å²) in [4.78, 5) is 11.9. The van der Waals surface area contributed by atoms with Gasteiger partial charge in [0.15, 0.2) is 0 Å². The van der Waals surface area contributed by atoms with E-state index in [-0.39, 0.29) is 18.3 Å². The zero-order valence-electron chi connectivity index (χ0n) is 10.3. The van der Waals surface area contributed by atoms with Crippen LogP contribution in [0.25, 0.3) is 0 Å². The van der Waals surface area contributed by atoms with Crippen LogP contribution in [0.2, 0.25) is 0 Å².